The van der Waals surface area contributed by atoms with Crippen molar-refractivity contribution in [1.29, 1.82) is 0 Å². The largest absolute Gasteiger partial charge is 0.482 e. The van der Waals surface area contributed by atoms with Gasteiger partial charge in [-0.05, 0) is 38.1 Å². The molecule has 2 aromatic carbocycles. The standard InChI is InChI=1S/C22H20N2O5S/c1-14(25)16-8-10-18(11-9-16)28-12-20(26)29-15(2)21(27)24-22-23-19(13-30-22)17-6-4-3-5-7-17/h3-11,13,15H,12H2,1-2H3,(H,23,24,27). The average molecular weight is 424 g/mol. The normalized spacial score (nSPS) is 11.4. The van der Waals surface area contributed by atoms with Gasteiger partial charge in [0.25, 0.3) is 5.91 Å². The Hall–Kier alpha value is -3.52. The van der Waals surface area contributed by atoms with Gasteiger partial charge in [-0.15, -0.1) is 11.3 Å². The van der Waals surface area contributed by atoms with Crippen LogP contribution in [0.3, 0.4) is 0 Å². The zero-order valence-corrected chi connectivity index (χ0v) is 17.3. The molecule has 3 aromatic rings. The second-order valence-electron chi connectivity index (χ2n) is 6.39. The van der Waals surface area contributed by atoms with Crippen LogP contribution in [-0.2, 0) is 14.3 Å². The third-order valence-electron chi connectivity index (χ3n) is 4.10. The van der Waals surface area contributed by atoms with Crippen molar-refractivity contribution >= 4 is 34.1 Å². The van der Waals surface area contributed by atoms with E-state index in [0.717, 1.165) is 11.3 Å². The summed E-state index contributed by atoms with van der Waals surface area (Å²) in [5, 5.41) is 4.91. The van der Waals surface area contributed by atoms with Gasteiger partial charge < -0.3 is 9.47 Å². The molecular formula is C22H20N2O5S. The molecule has 0 aliphatic carbocycles. The Morgan fingerprint density at radius 2 is 1.77 bits per heavy atom. The number of amides is 1. The molecule has 0 spiro atoms. The van der Waals surface area contributed by atoms with Crippen molar-refractivity contribution in [3.05, 3.63) is 65.5 Å². The van der Waals surface area contributed by atoms with E-state index in [1.165, 1.54) is 25.2 Å². The molecule has 1 amide bonds. The Kier molecular flexibility index (Phi) is 6.92. The van der Waals surface area contributed by atoms with Crippen molar-refractivity contribution in [3.63, 3.8) is 0 Å². The summed E-state index contributed by atoms with van der Waals surface area (Å²) < 4.78 is 10.4. The van der Waals surface area contributed by atoms with Gasteiger partial charge in [0.2, 0.25) is 0 Å². The van der Waals surface area contributed by atoms with Crippen LogP contribution in [0.1, 0.15) is 24.2 Å². The summed E-state index contributed by atoms with van der Waals surface area (Å²) in [6, 6.07) is 16.0. The number of ketones is 1. The van der Waals surface area contributed by atoms with Crippen LogP contribution in [0.15, 0.2) is 60.0 Å². The molecule has 0 bridgehead atoms. The maximum absolute atomic E-state index is 12.3. The molecule has 0 saturated heterocycles. The Balaban J connectivity index is 1.47. The summed E-state index contributed by atoms with van der Waals surface area (Å²) in [5.41, 5.74) is 2.25. The summed E-state index contributed by atoms with van der Waals surface area (Å²) in [4.78, 5) is 39.9. The van der Waals surface area contributed by atoms with Crippen LogP contribution in [0.25, 0.3) is 11.3 Å². The van der Waals surface area contributed by atoms with Crippen molar-refractivity contribution in [2.24, 2.45) is 0 Å². The molecule has 1 heterocycles. The predicted octanol–water partition coefficient (Wildman–Crippen LogP) is 3.96. The molecule has 0 radical (unpaired) electrons. The summed E-state index contributed by atoms with van der Waals surface area (Å²) in [5.74, 6) is -0.803. The first-order chi connectivity index (χ1) is 14.4. The van der Waals surface area contributed by atoms with Crippen LogP contribution in [0.2, 0.25) is 0 Å². The van der Waals surface area contributed by atoms with Gasteiger partial charge in [0.05, 0.1) is 5.69 Å². The molecular weight excluding hydrogens is 404 g/mol. The lowest BCUT2D eigenvalue weighted by Gasteiger charge is -2.13. The highest BCUT2D eigenvalue weighted by molar-refractivity contribution is 7.14. The Morgan fingerprint density at radius 1 is 1.07 bits per heavy atom. The molecule has 8 heteroatoms. The summed E-state index contributed by atoms with van der Waals surface area (Å²) in [7, 11) is 0. The van der Waals surface area contributed by atoms with Crippen LogP contribution in [0.5, 0.6) is 5.75 Å². The van der Waals surface area contributed by atoms with E-state index in [-0.39, 0.29) is 12.4 Å². The molecule has 1 aromatic heterocycles. The highest BCUT2D eigenvalue weighted by atomic mass is 32.1. The summed E-state index contributed by atoms with van der Waals surface area (Å²) in [6.07, 6.45) is -1.01. The van der Waals surface area contributed by atoms with Gasteiger partial charge in [-0.2, -0.15) is 0 Å². The topological polar surface area (TPSA) is 94.6 Å². The SMILES string of the molecule is CC(=O)c1ccc(OCC(=O)OC(C)C(=O)Nc2nc(-c3ccccc3)cs2)cc1. The minimum absolute atomic E-state index is 0.0584. The first kappa shape index (κ1) is 21.2. The number of carbonyl (C=O) groups is 3. The molecule has 7 nitrogen and oxygen atoms in total. The number of thiazole rings is 1. The van der Waals surface area contributed by atoms with Crippen molar-refractivity contribution in [2.45, 2.75) is 20.0 Å². The third kappa shape index (κ3) is 5.74. The zero-order chi connectivity index (χ0) is 21.5. The van der Waals surface area contributed by atoms with Gasteiger partial charge in [0, 0.05) is 16.5 Å². The van der Waals surface area contributed by atoms with Crippen LogP contribution >= 0.6 is 11.3 Å². The molecule has 0 aliphatic heterocycles. The smallest absolute Gasteiger partial charge is 0.344 e. The van der Waals surface area contributed by atoms with Gasteiger partial charge >= 0.3 is 5.97 Å². The first-order valence-electron chi connectivity index (χ1n) is 9.17. The first-order valence-corrected chi connectivity index (χ1v) is 10.1. The van der Waals surface area contributed by atoms with E-state index < -0.39 is 18.0 Å². The highest BCUT2D eigenvalue weighted by Crippen LogP contribution is 2.24. The Labute approximate surface area is 177 Å². The van der Waals surface area contributed by atoms with E-state index in [0.29, 0.717) is 16.4 Å². The maximum atomic E-state index is 12.3. The minimum atomic E-state index is -1.01. The van der Waals surface area contributed by atoms with E-state index in [2.05, 4.69) is 10.3 Å². The quantitative estimate of drug-likeness (QED) is 0.434. The fourth-order valence-electron chi connectivity index (χ4n) is 2.49. The second kappa shape index (κ2) is 9.80. The lowest BCUT2D eigenvalue weighted by atomic mass is 10.1. The van der Waals surface area contributed by atoms with E-state index in [1.807, 2.05) is 35.7 Å². The number of nitrogens with zero attached hydrogens (tertiary/aromatic N) is 1. The molecule has 154 valence electrons. The fraction of sp³-hybridized carbons (Fsp3) is 0.182. The number of benzene rings is 2. The van der Waals surface area contributed by atoms with E-state index in [4.69, 9.17) is 9.47 Å². The molecule has 1 atom stereocenters. The van der Waals surface area contributed by atoms with Crippen LogP contribution in [-0.4, -0.2) is 35.4 Å². The third-order valence-corrected chi connectivity index (χ3v) is 4.86. The molecule has 30 heavy (non-hydrogen) atoms. The van der Waals surface area contributed by atoms with Crippen molar-refractivity contribution < 1.29 is 23.9 Å². The molecule has 0 aliphatic rings. The zero-order valence-electron chi connectivity index (χ0n) is 16.5. The van der Waals surface area contributed by atoms with Crippen LogP contribution in [0.4, 0.5) is 5.13 Å². The number of hydrogen-bond donors (Lipinski definition) is 1. The van der Waals surface area contributed by atoms with Gasteiger partial charge in [0.15, 0.2) is 23.6 Å². The van der Waals surface area contributed by atoms with E-state index >= 15 is 0 Å². The maximum Gasteiger partial charge on any atom is 0.344 e. The predicted molar refractivity (Wildman–Crippen MR) is 114 cm³/mol. The highest BCUT2D eigenvalue weighted by Gasteiger charge is 2.19. The van der Waals surface area contributed by atoms with Gasteiger partial charge in [-0.3, -0.25) is 14.9 Å². The molecule has 0 saturated carbocycles. The van der Waals surface area contributed by atoms with Gasteiger partial charge in [-0.25, -0.2) is 9.78 Å². The summed E-state index contributed by atoms with van der Waals surface area (Å²) >= 11 is 1.29. The monoisotopic (exact) mass is 424 g/mol. The van der Waals surface area contributed by atoms with Crippen molar-refractivity contribution in [3.8, 4) is 17.0 Å². The number of anilines is 1. The van der Waals surface area contributed by atoms with Crippen molar-refractivity contribution in [1.82, 2.24) is 4.98 Å². The van der Waals surface area contributed by atoms with E-state index in [9.17, 15) is 14.4 Å². The number of aromatic nitrogens is 1. The molecule has 3 rings (SSSR count). The fourth-order valence-corrected chi connectivity index (χ4v) is 3.22. The number of nitrogens with one attached hydrogen (secondary N) is 1. The molecule has 1 N–H and O–H groups in total. The lowest BCUT2D eigenvalue weighted by molar-refractivity contribution is -0.155. The number of Topliss-reactive ketones (excluding diaryl/α,β-unsaturated/α-hetero) is 1. The molecule has 0 fully saturated rings. The van der Waals surface area contributed by atoms with Gasteiger partial charge in [0.1, 0.15) is 5.75 Å². The second-order valence-corrected chi connectivity index (χ2v) is 7.25. The van der Waals surface area contributed by atoms with Crippen LogP contribution in [0, 0.1) is 0 Å². The Morgan fingerprint density at radius 3 is 2.43 bits per heavy atom. The Bertz CT molecular complexity index is 1030. The lowest BCUT2D eigenvalue weighted by Crippen LogP contribution is -2.31. The number of hydrogen-bond acceptors (Lipinski definition) is 7. The number of carbonyl (C=O) groups excluding carboxylic acids is 3. The molecule has 1 unspecified atom stereocenters. The van der Waals surface area contributed by atoms with Crippen molar-refractivity contribution in [2.75, 3.05) is 11.9 Å². The number of esters is 1. The number of rotatable bonds is 8. The van der Waals surface area contributed by atoms with Gasteiger partial charge in [-0.1, -0.05) is 30.3 Å². The van der Waals surface area contributed by atoms with E-state index in [1.54, 1.807) is 24.3 Å². The number of ether oxygens (including phenoxy) is 2. The average Bonchev–Trinajstić information content (AvgIpc) is 3.21. The minimum Gasteiger partial charge on any atom is -0.482 e. The summed E-state index contributed by atoms with van der Waals surface area (Å²) in [6.45, 7) is 2.58. The van der Waals surface area contributed by atoms with Crippen LogP contribution < -0.4 is 10.1 Å².